The zero-order valence-electron chi connectivity index (χ0n) is 12.9. The van der Waals surface area contributed by atoms with Gasteiger partial charge in [-0.15, -0.1) is 0 Å². The molecule has 2 atom stereocenters. The second-order valence-electron chi connectivity index (χ2n) is 5.82. The van der Waals surface area contributed by atoms with E-state index in [2.05, 4.69) is 10.6 Å². The summed E-state index contributed by atoms with van der Waals surface area (Å²) in [6, 6.07) is 3.61. The number of hydrogen-bond acceptors (Lipinski definition) is 2. The van der Waals surface area contributed by atoms with Crippen LogP contribution in [0.5, 0.6) is 0 Å². The molecular formula is C16H22F2N2O2. The van der Waals surface area contributed by atoms with Gasteiger partial charge in [0.15, 0.2) is 11.6 Å². The van der Waals surface area contributed by atoms with E-state index in [9.17, 15) is 13.6 Å². The fraction of sp³-hybridized carbons (Fsp3) is 0.562. The molecule has 1 aliphatic rings. The quantitative estimate of drug-likeness (QED) is 0.898. The lowest BCUT2D eigenvalue weighted by molar-refractivity contribution is -0.0402. The average Bonchev–Trinajstić information content (AvgIpc) is 2.41. The Kier molecular flexibility index (Phi) is 5.71. The fourth-order valence-corrected chi connectivity index (χ4v) is 2.78. The maximum atomic E-state index is 13.1. The number of benzene rings is 1. The third kappa shape index (κ3) is 4.94. The number of carbonyl (C=O) groups is 1. The van der Waals surface area contributed by atoms with E-state index >= 15 is 0 Å². The Bertz CT molecular complexity index is 515. The Hall–Kier alpha value is -1.69. The summed E-state index contributed by atoms with van der Waals surface area (Å²) in [6.45, 7) is 4.35. The molecule has 6 heteroatoms. The summed E-state index contributed by atoms with van der Waals surface area (Å²) >= 11 is 0. The van der Waals surface area contributed by atoms with E-state index in [4.69, 9.17) is 4.74 Å². The van der Waals surface area contributed by atoms with Gasteiger partial charge in [-0.2, -0.15) is 0 Å². The van der Waals surface area contributed by atoms with Crippen molar-refractivity contribution >= 4 is 6.03 Å². The van der Waals surface area contributed by atoms with Gasteiger partial charge < -0.3 is 15.4 Å². The highest BCUT2D eigenvalue weighted by Gasteiger charge is 2.25. The molecule has 1 aromatic rings. The summed E-state index contributed by atoms with van der Waals surface area (Å²) in [5.74, 6) is -1.73. The molecule has 4 nitrogen and oxygen atoms in total. The van der Waals surface area contributed by atoms with Gasteiger partial charge in [-0.25, -0.2) is 13.6 Å². The van der Waals surface area contributed by atoms with Crippen molar-refractivity contribution in [1.82, 2.24) is 10.6 Å². The summed E-state index contributed by atoms with van der Waals surface area (Å²) in [4.78, 5) is 11.8. The van der Waals surface area contributed by atoms with Gasteiger partial charge >= 0.3 is 6.03 Å². The zero-order chi connectivity index (χ0) is 16.1. The normalized spacial score (nSPS) is 24.8. The molecule has 0 saturated carbocycles. The van der Waals surface area contributed by atoms with Gasteiger partial charge in [0, 0.05) is 12.6 Å². The van der Waals surface area contributed by atoms with Crippen molar-refractivity contribution < 1.29 is 18.3 Å². The number of rotatable bonds is 4. The van der Waals surface area contributed by atoms with Crippen molar-refractivity contribution in [3.63, 3.8) is 0 Å². The molecule has 2 N–H and O–H groups in total. The Labute approximate surface area is 129 Å². The lowest BCUT2D eigenvalue weighted by atomic mass is 10.0. The van der Waals surface area contributed by atoms with Gasteiger partial charge in [-0.3, -0.25) is 0 Å². The fourth-order valence-electron chi connectivity index (χ4n) is 2.78. The summed E-state index contributed by atoms with van der Waals surface area (Å²) in [5.41, 5.74) is 0.646. The van der Waals surface area contributed by atoms with E-state index in [1.165, 1.54) is 6.07 Å². The minimum atomic E-state index is -0.868. The molecule has 1 heterocycles. The molecule has 0 aliphatic carbocycles. The van der Waals surface area contributed by atoms with Crippen LogP contribution in [0.15, 0.2) is 18.2 Å². The van der Waals surface area contributed by atoms with Crippen LogP contribution in [0, 0.1) is 11.6 Å². The molecule has 2 amide bonds. The third-order valence-electron chi connectivity index (χ3n) is 3.72. The predicted molar refractivity (Wildman–Crippen MR) is 79.6 cm³/mol. The molecule has 1 fully saturated rings. The predicted octanol–water partition coefficient (Wildman–Crippen LogP) is 2.76. The van der Waals surface area contributed by atoms with Crippen LogP contribution in [-0.2, 0) is 11.2 Å². The molecule has 0 radical (unpaired) electrons. The van der Waals surface area contributed by atoms with Crippen LogP contribution in [-0.4, -0.2) is 30.8 Å². The van der Waals surface area contributed by atoms with Gasteiger partial charge in [0.1, 0.15) is 0 Å². The van der Waals surface area contributed by atoms with E-state index in [-0.39, 0.29) is 24.3 Å². The number of hydrogen-bond donors (Lipinski definition) is 2. The molecule has 0 bridgehead atoms. The van der Waals surface area contributed by atoms with E-state index in [1.807, 2.05) is 13.8 Å². The highest BCUT2D eigenvalue weighted by atomic mass is 19.2. The number of halogens is 2. The Balaban J connectivity index is 1.72. The summed E-state index contributed by atoms with van der Waals surface area (Å²) in [5, 5.41) is 5.66. The molecule has 122 valence electrons. The first-order valence-corrected chi connectivity index (χ1v) is 7.58. The summed E-state index contributed by atoms with van der Waals surface area (Å²) in [7, 11) is 0. The van der Waals surface area contributed by atoms with Gasteiger partial charge in [-0.05, 0) is 50.8 Å². The van der Waals surface area contributed by atoms with Crippen LogP contribution in [0.25, 0.3) is 0 Å². The highest BCUT2D eigenvalue weighted by molar-refractivity contribution is 5.74. The Morgan fingerprint density at radius 1 is 1.23 bits per heavy atom. The first kappa shape index (κ1) is 16.7. The number of nitrogens with one attached hydrogen (secondary N) is 2. The van der Waals surface area contributed by atoms with E-state index in [0.717, 1.165) is 25.0 Å². The molecule has 0 unspecified atom stereocenters. The minimum Gasteiger partial charge on any atom is -0.375 e. The van der Waals surface area contributed by atoms with Crippen molar-refractivity contribution in [3.8, 4) is 0 Å². The number of ether oxygens (including phenoxy) is 1. The van der Waals surface area contributed by atoms with Crippen LogP contribution in [0.1, 0.15) is 32.3 Å². The molecular weight excluding hydrogens is 290 g/mol. The smallest absolute Gasteiger partial charge is 0.315 e. The van der Waals surface area contributed by atoms with E-state index < -0.39 is 11.6 Å². The van der Waals surface area contributed by atoms with Crippen LogP contribution >= 0.6 is 0 Å². The maximum absolute atomic E-state index is 13.1. The van der Waals surface area contributed by atoms with Crippen LogP contribution < -0.4 is 10.6 Å². The summed E-state index contributed by atoms with van der Waals surface area (Å²) in [6.07, 6.45) is 2.31. The standard InChI is InChI=1S/C16H22F2N2O2/c1-10-7-13(8-11(2)22-10)20-16(21)19-6-5-12-3-4-14(17)15(18)9-12/h3-4,9-11,13H,5-8H2,1-2H3,(H2,19,20,21)/t10-,11-/m1/s1. The molecule has 1 saturated heterocycles. The topological polar surface area (TPSA) is 50.4 Å². The average molecular weight is 312 g/mol. The number of carbonyl (C=O) groups excluding carboxylic acids is 1. The Morgan fingerprint density at radius 3 is 2.55 bits per heavy atom. The van der Waals surface area contributed by atoms with Crippen molar-refractivity contribution in [2.24, 2.45) is 0 Å². The number of amides is 2. The largest absolute Gasteiger partial charge is 0.375 e. The number of urea groups is 1. The van der Waals surface area contributed by atoms with Crippen LogP contribution in [0.4, 0.5) is 13.6 Å². The van der Waals surface area contributed by atoms with Crippen LogP contribution in [0.3, 0.4) is 0 Å². The van der Waals surface area contributed by atoms with Crippen LogP contribution in [0.2, 0.25) is 0 Å². The lowest BCUT2D eigenvalue weighted by Crippen LogP contribution is -2.47. The molecule has 2 rings (SSSR count). The van der Waals surface area contributed by atoms with E-state index in [0.29, 0.717) is 18.5 Å². The Morgan fingerprint density at radius 2 is 1.91 bits per heavy atom. The maximum Gasteiger partial charge on any atom is 0.315 e. The third-order valence-corrected chi connectivity index (χ3v) is 3.72. The monoisotopic (exact) mass is 312 g/mol. The second-order valence-corrected chi connectivity index (χ2v) is 5.82. The van der Waals surface area contributed by atoms with Gasteiger partial charge in [0.2, 0.25) is 0 Å². The van der Waals surface area contributed by atoms with Gasteiger partial charge in [0.05, 0.1) is 12.2 Å². The SMILES string of the molecule is C[C@@H]1CC(NC(=O)NCCc2ccc(F)c(F)c2)C[C@@H](C)O1. The molecule has 22 heavy (non-hydrogen) atoms. The van der Waals surface area contributed by atoms with Gasteiger partial charge in [0.25, 0.3) is 0 Å². The van der Waals surface area contributed by atoms with Crippen molar-refractivity contribution in [3.05, 3.63) is 35.4 Å². The molecule has 0 aromatic heterocycles. The first-order valence-electron chi connectivity index (χ1n) is 7.58. The minimum absolute atomic E-state index is 0.0991. The highest BCUT2D eigenvalue weighted by Crippen LogP contribution is 2.18. The second kappa shape index (κ2) is 7.54. The van der Waals surface area contributed by atoms with Gasteiger partial charge in [-0.1, -0.05) is 6.07 Å². The summed E-state index contributed by atoms with van der Waals surface area (Å²) < 4.78 is 31.5. The first-order chi connectivity index (χ1) is 10.4. The zero-order valence-corrected chi connectivity index (χ0v) is 12.9. The van der Waals surface area contributed by atoms with Crippen molar-refractivity contribution in [1.29, 1.82) is 0 Å². The molecule has 1 aromatic carbocycles. The molecule has 0 spiro atoms. The van der Waals surface area contributed by atoms with Crippen molar-refractivity contribution in [2.75, 3.05) is 6.54 Å². The lowest BCUT2D eigenvalue weighted by Gasteiger charge is -2.32. The molecule has 1 aliphatic heterocycles. The van der Waals surface area contributed by atoms with E-state index in [1.54, 1.807) is 0 Å². The van der Waals surface area contributed by atoms with Crippen molar-refractivity contribution in [2.45, 2.75) is 51.4 Å².